The van der Waals surface area contributed by atoms with Crippen molar-refractivity contribution in [1.29, 1.82) is 0 Å². The zero-order chi connectivity index (χ0) is 20.0. The van der Waals surface area contributed by atoms with Gasteiger partial charge in [0.1, 0.15) is 5.75 Å². The maximum Gasteiger partial charge on any atom is 0.238 e. The van der Waals surface area contributed by atoms with E-state index in [4.69, 9.17) is 21.5 Å². The molecule has 8 heteroatoms. The Bertz CT molecular complexity index is 987. The standard InChI is InChI=1S/C19H21ClN2O4S/c1-19(2)16(11-4-7-13(8-5-11)27(21,24)25)17(19)18(23)22-14-10-12(20)6-9-15(14)26-3/h4-10,16-17H,1-3H3,(H,22,23)(H2,21,24,25)/t16-,17+/m1/s1. The molecule has 2 aromatic carbocycles. The number of amides is 1. The van der Waals surface area contributed by atoms with Crippen LogP contribution < -0.4 is 15.2 Å². The average Bonchev–Trinajstić information content (AvgIpc) is 3.17. The first-order valence-electron chi connectivity index (χ1n) is 8.33. The van der Waals surface area contributed by atoms with Crippen LogP contribution in [-0.2, 0) is 14.8 Å². The van der Waals surface area contributed by atoms with E-state index in [0.717, 1.165) is 5.56 Å². The molecule has 3 N–H and O–H groups in total. The first-order valence-corrected chi connectivity index (χ1v) is 10.3. The minimum Gasteiger partial charge on any atom is -0.495 e. The molecule has 2 aromatic rings. The Hall–Kier alpha value is -2.09. The van der Waals surface area contributed by atoms with Crippen molar-refractivity contribution < 1.29 is 17.9 Å². The summed E-state index contributed by atoms with van der Waals surface area (Å²) in [6.07, 6.45) is 0. The van der Waals surface area contributed by atoms with Gasteiger partial charge in [-0.15, -0.1) is 0 Å². The summed E-state index contributed by atoms with van der Waals surface area (Å²) in [7, 11) is -2.22. The molecule has 1 fully saturated rings. The van der Waals surface area contributed by atoms with Crippen LogP contribution in [0.1, 0.15) is 25.3 Å². The molecular weight excluding hydrogens is 388 g/mol. The molecule has 2 atom stereocenters. The van der Waals surface area contributed by atoms with Crippen molar-refractivity contribution in [3.05, 3.63) is 53.1 Å². The van der Waals surface area contributed by atoms with Crippen LogP contribution in [-0.4, -0.2) is 21.4 Å². The summed E-state index contributed by atoms with van der Waals surface area (Å²) in [5, 5.41) is 8.53. The van der Waals surface area contributed by atoms with E-state index in [0.29, 0.717) is 16.5 Å². The minimum atomic E-state index is -3.74. The highest BCUT2D eigenvalue weighted by Gasteiger charge is 2.62. The Morgan fingerprint density at radius 2 is 1.81 bits per heavy atom. The summed E-state index contributed by atoms with van der Waals surface area (Å²) >= 11 is 6.02. The predicted molar refractivity (Wildman–Crippen MR) is 104 cm³/mol. The Morgan fingerprint density at radius 3 is 2.37 bits per heavy atom. The van der Waals surface area contributed by atoms with Gasteiger partial charge in [0.2, 0.25) is 15.9 Å². The van der Waals surface area contributed by atoms with Crippen molar-refractivity contribution in [2.45, 2.75) is 24.7 Å². The third-order valence-electron chi connectivity index (χ3n) is 5.10. The number of ether oxygens (including phenoxy) is 1. The fourth-order valence-corrected chi connectivity index (χ4v) is 4.29. The molecule has 0 aromatic heterocycles. The van der Waals surface area contributed by atoms with E-state index in [9.17, 15) is 13.2 Å². The Labute approximate surface area is 163 Å². The van der Waals surface area contributed by atoms with Crippen molar-refractivity contribution in [1.82, 2.24) is 0 Å². The number of rotatable bonds is 5. The van der Waals surface area contributed by atoms with Crippen LogP contribution in [0.3, 0.4) is 0 Å². The average molecular weight is 409 g/mol. The first-order chi connectivity index (χ1) is 12.6. The van der Waals surface area contributed by atoms with Crippen molar-refractivity contribution in [3.8, 4) is 5.75 Å². The first kappa shape index (κ1) is 19.7. The van der Waals surface area contributed by atoms with Crippen LogP contribution in [0.4, 0.5) is 5.69 Å². The van der Waals surface area contributed by atoms with Gasteiger partial charge in [-0.05, 0) is 41.3 Å². The number of sulfonamides is 1. The molecule has 0 unspecified atom stereocenters. The number of nitrogens with two attached hydrogens (primary N) is 1. The molecule has 0 spiro atoms. The molecule has 27 heavy (non-hydrogen) atoms. The fourth-order valence-electron chi connectivity index (χ4n) is 3.60. The van der Waals surface area contributed by atoms with Gasteiger partial charge in [-0.1, -0.05) is 37.6 Å². The Balaban J connectivity index is 1.81. The third kappa shape index (κ3) is 3.81. The minimum absolute atomic E-state index is 0.0304. The number of primary sulfonamides is 1. The normalized spacial score (nSPS) is 20.8. The highest BCUT2D eigenvalue weighted by atomic mass is 35.5. The van der Waals surface area contributed by atoms with Crippen LogP contribution >= 0.6 is 11.6 Å². The molecule has 1 aliphatic carbocycles. The second kappa shape index (κ2) is 6.82. The van der Waals surface area contributed by atoms with Crippen molar-refractivity contribution in [3.63, 3.8) is 0 Å². The van der Waals surface area contributed by atoms with E-state index in [1.807, 2.05) is 13.8 Å². The fraction of sp³-hybridized carbons (Fsp3) is 0.316. The zero-order valence-electron chi connectivity index (χ0n) is 15.2. The quantitative estimate of drug-likeness (QED) is 0.792. The van der Waals surface area contributed by atoms with Gasteiger partial charge < -0.3 is 10.1 Å². The van der Waals surface area contributed by atoms with E-state index < -0.39 is 10.0 Å². The number of carbonyl (C=O) groups excluding carboxylic acids is 1. The van der Waals surface area contributed by atoms with E-state index >= 15 is 0 Å². The number of hydrogen-bond donors (Lipinski definition) is 2. The number of methoxy groups -OCH3 is 1. The highest BCUT2D eigenvalue weighted by molar-refractivity contribution is 7.89. The zero-order valence-corrected chi connectivity index (χ0v) is 16.8. The van der Waals surface area contributed by atoms with Crippen LogP contribution in [0.2, 0.25) is 5.02 Å². The Morgan fingerprint density at radius 1 is 1.19 bits per heavy atom. The van der Waals surface area contributed by atoms with Gasteiger partial charge in [-0.3, -0.25) is 4.79 Å². The molecule has 144 valence electrons. The summed E-state index contributed by atoms with van der Waals surface area (Å²) in [4.78, 5) is 12.9. The van der Waals surface area contributed by atoms with Crippen molar-refractivity contribution in [2.75, 3.05) is 12.4 Å². The second-order valence-electron chi connectivity index (χ2n) is 7.22. The second-order valence-corrected chi connectivity index (χ2v) is 9.22. The van der Waals surface area contributed by atoms with Crippen molar-refractivity contribution >= 4 is 33.2 Å². The van der Waals surface area contributed by atoms with Crippen LogP contribution in [0.25, 0.3) is 0 Å². The lowest BCUT2D eigenvalue weighted by atomic mass is 10.0. The summed E-state index contributed by atoms with van der Waals surface area (Å²) in [6, 6.07) is 11.4. The SMILES string of the molecule is COc1ccc(Cl)cc1NC(=O)[C@@H]1[C@@H](c2ccc(S(N)(=O)=O)cc2)C1(C)C. The number of nitrogens with one attached hydrogen (secondary N) is 1. The number of halogens is 1. The van der Waals surface area contributed by atoms with Crippen LogP contribution in [0, 0.1) is 11.3 Å². The van der Waals surface area contributed by atoms with E-state index in [1.54, 1.807) is 30.3 Å². The molecule has 0 bridgehead atoms. The summed E-state index contributed by atoms with van der Waals surface area (Å²) in [6.45, 7) is 4.01. The molecule has 0 heterocycles. The maximum absolute atomic E-state index is 12.9. The van der Waals surface area contributed by atoms with Gasteiger partial charge >= 0.3 is 0 Å². The largest absolute Gasteiger partial charge is 0.495 e. The van der Waals surface area contributed by atoms with E-state index in [1.165, 1.54) is 19.2 Å². The van der Waals surface area contributed by atoms with Crippen molar-refractivity contribution in [2.24, 2.45) is 16.5 Å². The summed E-state index contributed by atoms with van der Waals surface area (Å²) in [5.41, 5.74) is 1.14. The lowest BCUT2D eigenvalue weighted by molar-refractivity contribution is -0.118. The maximum atomic E-state index is 12.9. The van der Waals surface area contributed by atoms with Gasteiger partial charge in [-0.25, -0.2) is 13.6 Å². The molecule has 1 amide bonds. The van der Waals surface area contributed by atoms with Gasteiger partial charge in [0, 0.05) is 10.9 Å². The molecule has 0 aliphatic heterocycles. The number of hydrogen-bond acceptors (Lipinski definition) is 4. The van der Waals surface area contributed by atoms with E-state index in [-0.39, 0.29) is 28.1 Å². The molecule has 3 rings (SSSR count). The van der Waals surface area contributed by atoms with E-state index in [2.05, 4.69) is 5.32 Å². The van der Waals surface area contributed by atoms with Gasteiger partial charge in [-0.2, -0.15) is 0 Å². The number of anilines is 1. The predicted octanol–water partition coefficient (Wildman–Crippen LogP) is 3.37. The van der Waals surface area contributed by atoms with Crippen LogP contribution in [0.15, 0.2) is 47.4 Å². The topological polar surface area (TPSA) is 98.5 Å². The number of carbonyl (C=O) groups is 1. The summed E-state index contributed by atoms with van der Waals surface area (Å²) < 4.78 is 28.1. The summed E-state index contributed by atoms with van der Waals surface area (Å²) in [5.74, 6) is 0.0973. The third-order valence-corrected chi connectivity index (χ3v) is 6.26. The molecular formula is C19H21ClN2O4S. The lowest BCUT2D eigenvalue weighted by Crippen LogP contribution is -2.17. The van der Waals surface area contributed by atoms with Gasteiger partial charge in [0.05, 0.1) is 23.6 Å². The van der Waals surface area contributed by atoms with Gasteiger partial charge in [0.15, 0.2) is 0 Å². The molecule has 0 saturated heterocycles. The smallest absolute Gasteiger partial charge is 0.238 e. The number of benzene rings is 2. The molecule has 6 nitrogen and oxygen atoms in total. The Kier molecular flexibility index (Phi) is 4.96. The molecule has 1 saturated carbocycles. The van der Waals surface area contributed by atoms with Gasteiger partial charge in [0.25, 0.3) is 0 Å². The van der Waals surface area contributed by atoms with Crippen LogP contribution in [0.5, 0.6) is 5.75 Å². The molecule has 1 aliphatic rings. The lowest BCUT2D eigenvalue weighted by Gasteiger charge is -2.11. The molecule has 0 radical (unpaired) electrons. The highest BCUT2D eigenvalue weighted by Crippen LogP contribution is 2.64. The monoisotopic (exact) mass is 408 g/mol.